The lowest BCUT2D eigenvalue weighted by Gasteiger charge is -2.43. The maximum atomic E-state index is 12.9. The lowest BCUT2D eigenvalue weighted by molar-refractivity contribution is -0.339. The van der Waals surface area contributed by atoms with Crippen LogP contribution in [0.5, 0.6) is 11.5 Å². The van der Waals surface area contributed by atoms with E-state index in [4.69, 9.17) is 33.2 Å². The number of hydrogen-bond donors (Lipinski definition) is 9. The molecule has 0 saturated carbocycles. The highest BCUT2D eigenvalue weighted by atomic mass is 16.8. The van der Waals surface area contributed by atoms with Crippen molar-refractivity contribution in [2.24, 2.45) is 11.8 Å². The Hall–Kier alpha value is -3.40. The third-order valence-corrected chi connectivity index (χ3v) is 8.30. The zero-order valence-corrected chi connectivity index (χ0v) is 25.6. The van der Waals surface area contributed by atoms with E-state index in [0.717, 1.165) is 6.26 Å². The molecule has 1 aromatic carbocycles. The molecule has 0 radical (unpaired) electrons. The van der Waals surface area contributed by atoms with Crippen LogP contribution in [0.3, 0.4) is 0 Å². The second kappa shape index (κ2) is 16.3. The van der Waals surface area contributed by atoms with Crippen LogP contribution in [0.15, 0.2) is 42.7 Å². The molecule has 0 amide bonds. The Morgan fingerprint density at radius 3 is 2.02 bits per heavy atom. The molecule has 2 fully saturated rings. The van der Waals surface area contributed by atoms with Gasteiger partial charge in [0.1, 0.15) is 48.8 Å². The third kappa shape index (κ3) is 7.90. The van der Waals surface area contributed by atoms with Crippen molar-refractivity contribution < 1.29 is 88.7 Å². The van der Waals surface area contributed by atoms with Gasteiger partial charge in [0.15, 0.2) is 17.8 Å². The minimum atomic E-state index is -1.74. The van der Waals surface area contributed by atoms with Gasteiger partial charge in [-0.15, -0.1) is 6.58 Å². The van der Waals surface area contributed by atoms with E-state index in [-0.39, 0.29) is 35.7 Å². The summed E-state index contributed by atoms with van der Waals surface area (Å²) in [7, 11) is 1.27. The van der Waals surface area contributed by atoms with Crippen molar-refractivity contribution in [1.82, 2.24) is 0 Å². The van der Waals surface area contributed by atoms with E-state index in [0.29, 0.717) is 0 Å². The second-order valence-corrected chi connectivity index (χ2v) is 11.2. The molecule has 18 nitrogen and oxygen atoms in total. The van der Waals surface area contributed by atoms with Crippen LogP contribution in [-0.4, -0.2) is 153 Å². The Kier molecular flexibility index (Phi) is 12.7. The molecule has 3 heterocycles. The molecular weight excluding hydrogens is 648 g/mol. The van der Waals surface area contributed by atoms with Gasteiger partial charge >= 0.3 is 11.9 Å². The van der Waals surface area contributed by atoms with Crippen LogP contribution in [0, 0.1) is 11.8 Å². The molecule has 0 aliphatic carbocycles. The summed E-state index contributed by atoms with van der Waals surface area (Å²) >= 11 is 0. The summed E-state index contributed by atoms with van der Waals surface area (Å²) in [5.74, 6) is -3.96. The van der Waals surface area contributed by atoms with Gasteiger partial charge in [-0.1, -0.05) is 6.08 Å². The summed E-state index contributed by atoms with van der Waals surface area (Å²) in [6, 6.07) is 3.86. The number of rotatable bonds is 13. The van der Waals surface area contributed by atoms with Crippen LogP contribution in [0.2, 0.25) is 0 Å². The first-order valence-electron chi connectivity index (χ1n) is 14.9. The number of methoxy groups -OCH3 is 1. The van der Waals surface area contributed by atoms with Gasteiger partial charge in [0, 0.05) is 11.8 Å². The molecule has 3 aliphatic rings. The molecule has 13 atom stereocenters. The Labute approximate surface area is 273 Å². The highest BCUT2D eigenvalue weighted by molar-refractivity contribution is 5.90. The average molecular weight is 689 g/mol. The molecule has 0 bridgehead atoms. The van der Waals surface area contributed by atoms with Crippen molar-refractivity contribution in [1.29, 1.82) is 0 Å². The second-order valence-electron chi connectivity index (χ2n) is 11.2. The van der Waals surface area contributed by atoms with E-state index in [9.17, 15) is 55.5 Å². The van der Waals surface area contributed by atoms with Crippen molar-refractivity contribution in [3.05, 3.63) is 48.3 Å². The predicted octanol–water partition coefficient (Wildman–Crippen LogP) is -3.02. The summed E-state index contributed by atoms with van der Waals surface area (Å²) in [5.41, 5.74) is -0.195. The summed E-state index contributed by atoms with van der Waals surface area (Å²) in [6.45, 7) is 2.07. The zero-order valence-electron chi connectivity index (χ0n) is 25.6. The third-order valence-electron chi connectivity index (χ3n) is 8.30. The lowest BCUT2D eigenvalue weighted by atomic mass is 9.82. The van der Waals surface area contributed by atoms with Crippen LogP contribution in [0.4, 0.5) is 0 Å². The minimum absolute atomic E-state index is 0.00171. The van der Waals surface area contributed by atoms with Crippen LogP contribution < -0.4 is 9.47 Å². The van der Waals surface area contributed by atoms with E-state index < -0.39 is 105 Å². The number of carboxylic acids is 1. The normalized spacial score (nSPS) is 36.7. The maximum absolute atomic E-state index is 12.9. The molecule has 1 aromatic rings. The zero-order chi connectivity index (χ0) is 35.3. The quantitative estimate of drug-likeness (QED) is 0.0736. The van der Waals surface area contributed by atoms with Crippen molar-refractivity contribution >= 4 is 11.9 Å². The standard InChI is InChI=1S/C30H40O18/c1-3-13-14(15(26(39)40)11-44-28(13)48-30-25(38)23(36)21(34)19(10-32)47-30)6-7-43-27(41)12-4-5-16(17(8-12)42-2)45-29-24(37)22(35)20(33)18(9-31)46-29/h3-5,8,11,13-14,18-25,28-38H,1,6-7,9-10H2,2H3,(H,39,40)/t13-,14+,18-,19-,20-,21-,22-,23-,24+,25-,28+,29+,30+/m0/s1. The molecule has 4 rings (SSSR count). The Balaban J connectivity index is 1.41. The molecule has 268 valence electrons. The molecule has 0 aromatic heterocycles. The van der Waals surface area contributed by atoms with Crippen molar-refractivity contribution in [2.45, 2.75) is 74.1 Å². The molecule has 3 aliphatic heterocycles. The number of carbonyl (C=O) groups excluding carboxylic acids is 1. The predicted molar refractivity (Wildman–Crippen MR) is 155 cm³/mol. The number of carboxylic acid groups (broad SMARTS) is 1. The lowest BCUT2D eigenvalue weighted by Crippen LogP contribution is -2.60. The SMILES string of the molecule is C=C[C@@H]1[C@@H](O[C@H]2O[C@@H](CO)[C@H](O)[C@H](O)[C@@H]2O)OC=C(C(=O)O)[C@@H]1CCOC(=O)c1ccc(O[C@@H]2O[C@@H](CO)[C@H](O)[C@H](O)[C@H]2O)c(OC)c1. The molecular formula is C30H40O18. The van der Waals surface area contributed by atoms with Gasteiger partial charge in [-0.2, -0.15) is 0 Å². The van der Waals surface area contributed by atoms with E-state index >= 15 is 0 Å². The number of benzene rings is 1. The fourth-order valence-electron chi connectivity index (χ4n) is 5.53. The van der Waals surface area contributed by atoms with Gasteiger partial charge < -0.3 is 79.1 Å². The highest BCUT2D eigenvalue weighted by Gasteiger charge is 2.48. The van der Waals surface area contributed by atoms with E-state index in [1.54, 1.807) is 0 Å². The smallest absolute Gasteiger partial charge is 0.338 e. The van der Waals surface area contributed by atoms with E-state index in [1.165, 1.54) is 31.4 Å². The number of aliphatic carboxylic acids is 1. The van der Waals surface area contributed by atoms with Crippen molar-refractivity contribution in [2.75, 3.05) is 26.9 Å². The molecule has 0 spiro atoms. The van der Waals surface area contributed by atoms with Crippen LogP contribution in [0.25, 0.3) is 0 Å². The molecule has 48 heavy (non-hydrogen) atoms. The Bertz CT molecular complexity index is 1300. The van der Waals surface area contributed by atoms with Crippen LogP contribution in [-0.2, 0) is 28.5 Å². The van der Waals surface area contributed by atoms with Gasteiger partial charge in [0.25, 0.3) is 0 Å². The van der Waals surface area contributed by atoms with Gasteiger partial charge in [0.2, 0.25) is 12.6 Å². The number of ether oxygens (including phenoxy) is 7. The summed E-state index contributed by atoms with van der Waals surface area (Å²) < 4.78 is 38.1. The minimum Gasteiger partial charge on any atom is -0.493 e. The summed E-state index contributed by atoms with van der Waals surface area (Å²) in [5, 5.41) is 89.4. The largest absolute Gasteiger partial charge is 0.493 e. The number of esters is 1. The average Bonchev–Trinajstić information content (AvgIpc) is 3.08. The van der Waals surface area contributed by atoms with Gasteiger partial charge in [-0.25, -0.2) is 9.59 Å². The molecule has 18 heteroatoms. The van der Waals surface area contributed by atoms with E-state index in [1.807, 2.05) is 0 Å². The van der Waals surface area contributed by atoms with Gasteiger partial charge in [-0.05, 0) is 24.6 Å². The highest BCUT2D eigenvalue weighted by Crippen LogP contribution is 2.37. The van der Waals surface area contributed by atoms with E-state index in [2.05, 4.69) is 6.58 Å². The maximum Gasteiger partial charge on any atom is 0.338 e. The number of carbonyl (C=O) groups is 2. The van der Waals surface area contributed by atoms with Gasteiger partial charge in [-0.3, -0.25) is 0 Å². The Morgan fingerprint density at radius 1 is 0.854 bits per heavy atom. The van der Waals surface area contributed by atoms with Crippen molar-refractivity contribution in [3.63, 3.8) is 0 Å². The topological polar surface area (TPSA) is 281 Å². The fourth-order valence-corrected chi connectivity index (χ4v) is 5.53. The Morgan fingerprint density at radius 2 is 1.46 bits per heavy atom. The summed E-state index contributed by atoms with van der Waals surface area (Å²) in [4.78, 5) is 24.9. The number of hydrogen-bond acceptors (Lipinski definition) is 17. The first kappa shape index (κ1) is 37.4. The number of aliphatic hydroxyl groups is 8. The molecule has 0 unspecified atom stereocenters. The number of aliphatic hydroxyl groups excluding tert-OH is 8. The first-order valence-corrected chi connectivity index (χ1v) is 14.9. The van der Waals surface area contributed by atoms with Crippen LogP contribution >= 0.6 is 0 Å². The van der Waals surface area contributed by atoms with Gasteiger partial charge in [0.05, 0.1) is 44.3 Å². The monoisotopic (exact) mass is 688 g/mol. The summed E-state index contributed by atoms with van der Waals surface area (Å²) in [6.07, 6.45) is -14.7. The van der Waals surface area contributed by atoms with Crippen LogP contribution in [0.1, 0.15) is 16.8 Å². The molecule has 9 N–H and O–H groups in total. The molecule has 2 saturated heterocycles. The first-order chi connectivity index (χ1) is 22.9. The van der Waals surface area contributed by atoms with Crippen molar-refractivity contribution in [3.8, 4) is 11.5 Å². The fraction of sp³-hybridized carbons (Fsp3) is 0.600.